The zero-order chi connectivity index (χ0) is 18.8. The molecule has 137 valence electrons. The Kier molecular flexibility index (Phi) is 6.84. The lowest BCUT2D eigenvalue weighted by atomic mass is 9.92. The standard InChI is InChI=1S/C20H36NO2Si/c1-16(2)18(17-13-11-10-12-14-17)21(22)20(6,7)15-23-24(8,9)19(3,4)5/h10-14,16,18H,15H2,1-9H3. The average Bonchev–Trinajstić information content (AvgIpc) is 2.45. The van der Waals surface area contributed by atoms with Crippen molar-refractivity contribution in [2.75, 3.05) is 6.61 Å². The second-order valence-electron chi connectivity index (χ2n) is 9.29. The van der Waals surface area contributed by atoms with Gasteiger partial charge in [-0.25, -0.2) is 0 Å². The Balaban J connectivity index is 2.95. The second kappa shape index (κ2) is 7.69. The van der Waals surface area contributed by atoms with Crippen LogP contribution in [0.25, 0.3) is 0 Å². The van der Waals surface area contributed by atoms with Crippen molar-refractivity contribution < 1.29 is 9.63 Å². The molecule has 1 aromatic carbocycles. The molecule has 1 atom stereocenters. The Hall–Kier alpha value is -0.683. The molecule has 1 rings (SSSR count). The molecule has 0 fully saturated rings. The van der Waals surface area contributed by atoms with Crippen LogP contribution >= 0.6 is 0 Å². The first kappa shape index (κ1) is 21.4. The van der Waals surface area contributed by atoms with Crippen molar-refractivity contribution in [1.82, 2.24) is 5.06 Å². The van der Waals surface area contributed by atoms with Crippen molar-refractivity contribution in [3.63, 3.8) is 0 Å². The SMILES string of the molecule is CC(C)C(c1ccccc1)N([O])C(C)(C)CO[Si](C)(C)C(C)(C)C. The summed E-state index contributed by atoms with van der Waals surface area (Å²) in [6.45, 7) is 19.8. The minimum absolute atomic E-state index is 0.147. The van der Waals surface area contributed by atoms with E-state index >= 15 is 0 Å². The molecule has 4 heteroatoms. The van der Waals surface area contributed by atoms with E-state index in [9.17, 15) is 5.21 Å². The van der Waals surface area contributed by atoms with Crippen LogP contribution in [0.3, 0.4) is 0 Å². The largest absolute Gasteiger partial charge is 0.415 e. The lowest BCUT2D eigenvalue weighted by Crippen LogP contribution is -2.51. The maximum atomic E-state index is 13.2. The van der Waals surface area contributed by atoms with E-state index in [-0.39, 0.29) is 17.0 Å². The summed E-state index contributed by atoms with van der Waals surface area (Å²) in [5, 5.41) is 14.6. The predicted molar refractivity (Wildman–Crippen MR) is 104 cm³/mol. The van der Waals surface area contributed by atoms with Gasteiger partial charge in [0.05, 0.1) is 18.2 Å². The third kappa shape index (κ3) is 5.15. The number of hydrogen-bond donors (Lipinski definition) is 0. The van der Waals surface area contributed by atoms with Gasteiger partial charge in [0, 0.05) is 0 Å². The molecule has 0 N–H and O–H groups in total. The molecule has 0 heterocycles. The minimum atomic E-state index is -1.87. The number of hydroxylamine groups is 2. The zero-order valence-corrected chi connectivity index (χ0v) is 18.0. The first-order chi connectivity index (χ1) is 10.8. The van der Waals surface area contributed by atoms with Crippen molar-refractivity contribution in [2.45, 2.75) is 78.2 Å². The lowest BCUT2D eigenvalue weighted by Gasteiger charge is -2.43. The summed E-state index contributed by atoms with van der Waals surface area (Å²) in [5.74, 6) is 0.233. The first-order valence-electron chi connectivity index (χ1n) is 8.95. The number of nitrogens with zero attached hydrogens (tertiary/aromatic N) is 1. The molecule has 0 aliphatic heterocycles. The second-order valence-corrected chi connectivity index (χ2v) is 14.1. The Labute approximate surface area is 150 Å². The fraction of sp³-hybridized carbons (Fsp3) is 0.700. The molecule has 0 aliphatic rings. The van der Waals surface area contributed by atoms with Gasteiger partial charge in [-0.05, 0) is 43.5 Å². The van der Waals surface area contributed by atoms with Crippen LogP contribution in [0.1, 0.15) is 60.1 Å². The van der Waals surface area contributed by atoms with E-state index < -0.39 is 13.9 Å². The van der Waals surface area contributed by atoms with Gasteiger partial charge >= 0.3 is 0 Å². The molecule has 0 aliphatic carbocycles. The third-order valence-electron chi connectivity index (χ3n) is 5.21. The van der Waals surface area contributed by atoms with E-state index in [0.29, 0.717) is 6.61 Å². The molecule has 24 heavy (non-hydrogen) atoms. The molecule has 0 saturated carbocycles. The predicted octanol–water partition coefficient (Wildman–Crippen LogP) is 5.83. The highest BCUT2D eigenvalue weighted by molar-refractivity contribution is 6.74. The van der Waals surface area contributed by atoms with Gasteiger partial charge in [0.2, 0.25) is 0 Å². The third-order valence-corrected chi connectivity index (χ3v) is 9.69. The van der Waals surface area contributed by atoms with Crippen LogP contribution in [0.2, 0.25) is 18.1 Å². The Morgan fingerprint density at radius 3 is 1.96 bits per heavy atom. The summed E-state index contributed by atoms with van der Waals surface area (Å²) in [6, 6.07) is 9.90. The number of hydrogen-bond acceptors (Lipinski definition) is 2. The molecule has 1 unspecified atom stereocenters. The molecule has 0 spiro atoms. The lowest BCUT2D eigenvalue weighted by molar-refractivity contribution is -0.260. The molecular formula is C20H36NO2Si. The first-order valence-corrected chi connectivity index (χ1v) is 11.9. The average molecular weight is 351 g/mol. The quantitative estimate of drug-likeness (QED) is 0.457. The van der Waals surface area contributed by atoms with Crippen LogP contribution in [-0.2, 0) is 9.63 Å². The van der Waals surface area contributed by atoms with Crippen molar-refractivity contribution in [3.8, 4) is 0 Å². The summed E-state index contributed by atoms with van der Waals surface area (Å²) in [7, 11) is -1.87. The van der Waals surface area contributed by atoms with Crippen LogP contribution in [0.5, 0.6) is 0 Å². The fourth-order valence-electron chi connectivity index (χ4n) is 2.45. The van der Waals surface area contributed by atoms with Crippen LogP contribution in [0, 0.1) is 5.92 Å². The normalized spacial score (nSPS) is 15.2. The highest BCUT2D eigenvalue weighted by Crippen LogP contribution is 2.38. The van der Waals surface area contributed by atoms with E-state index in [4.69, 9.17) is 4.43 Å². The van der Waals surface area contributed by atoms with Gasteiger partial charge < -0.3 is 4.43 Å². The van der Waals surface area contributed by atoms with Gasteiger partial charge in [0.1, 0.15) is 0 Å². The highest BCUT2D eigenvalue weighted by atomic mass is 28.4. The summed E-state index contributed by atoms with van der Waals surface area (Å²) in [6.07, 6.45) is 0. The van der Waals surface area contributed by atoms with Gasteiger partial charge in [-0.2, -0.15) is 0 Å². The van der Waals surface area contributed by atoms with Gasteiger partial charge in [0.15, 0.2) is 8.32 Å². The summed E-state index contributed by atoms with van der Waals surface area (Å²) >= 11 is 0. The highest BCUT2D eigenvalue weighted by Gasteiger charge is 2.41. The van der Waals surface area contributed by atoms with Crippen LogP contribution < -0.4 is 0 Å². The Morgan fingerprint density at radius 1 is 1.04 bits per heavy atom. The Morgan fingerprint density at radius 2 is 1.54 bits per heavy atom. The maximum absolute atomic E-state index is 13.2. The van der Waals surface area contributed by atoms with E-state index in [1.165, 1.54) is 5.06 Å². The summed E-state index contributed by atoms with van der Waals surface area (Å²) < 4.78 is 6.34. The van der Waals surface area contributed by atoms with Crippen molar-refractivity contribution in [1.29, 1.82) is 0 Å². The maximum Gasteiger partial charge on any atom is 0.192 e. The zero-order valence-electron chi connectivity index (χ0n) is 17.0. The molecule has 0 aromatic heterocycles. The van der Waals surface area contributed by atoms with Crippen LogP contribution in [0.4, 0.5) is 0 Å². The smallest absolute Gasteiger partial charge is 0.192 e. The van der Waals surface area contributed by atoms with E-state index in [1.807, 2.05) is 44.2 Å². The molecule has 0 amide bonds. The fourth-order valence-corrected chi connectivity index (χ4v) is 3.60. The van der Waals surface area contributed by atoms with Gasteiger partial charge in [0.25, 0.3) is 0 Å². The molecule has 1 aromatic rings. The number of rotatable bonds is 7. The summed E-state index contributed by atoms with van der Waals surface area (Å²) in [5.41, 5.74) is 0.503. The Bertz CT molecular complexity index is 506. The van der Waals surface area contributed by atoms with Crippen molar-refractivity contribution >= 4 is 8.32 Å². The molecule has 1 radical (unpaired) electrons. The van der Waals surface area contributed by atoms with E-state index in [2.05, 4.69) is 47.7 Å². The molecule has 0 bridgehead atoms. The van der Waals surface area contributed by atoms with Crippen LogP contribution in [-0.4, -0.2) is 25.5 Å². The van der Waals surface area contributed by atoms with Crippen molar-refractivity contribution in [3.05, 3.63) is 35.9 Å². The van der Waals surface area contributed by atoms with E-state index in [0.717, 1.165) is 5.56 Å². The van der Waals surface area contributed by atoms with Gasteiger partial charge in [-0.3, -0.25) is 0 Å². The minimum Gasteiger partial charge on any atom is -0.415 e. The summed E-state index contributed by atoms with van der Waals surface area (Å²) in [4.78, 5) is 0. The topological polar surface area (TPSA) is 32.4 Å². The molecular weight excluding hydrogens is 314 g/mol. The van der Waals surface area contributed by atoms with E-state index in [1.54, 1.807) is 0 Å². The van der Waals surface area contributed by atoms with Gasteiger partial charge in [-0.15, -0.1) is 10.3 Å². The van der Waals surface area contributed by atoms with Crippen molar-refractivity contribution in [2.24, 2.45) is 5.92 Å². The number of benzene rings is 1. The monoisotopic (exact) mass is 350 g/mol. The molecule has 0 saturated heterocycles. The van der Waals surface area contributed by atoms with Crippen LogP contribution in [0.15, 0.2) is 30.3 Å². The molecule has 3 nitrogen and oxygen atoms in total. The van der Waals surface area contributed by atoms with Gasteiger partial charge in [-0.1, -0.05) is 65.0 Å².